The summed E-state index contributed by atoms with van der Waals surface area (Å²) in [6, 6.07) is 3.49. The molecule has 3 aliphatic rings. The molecule has 2 N–H and O–H groups in total. The number of ether oxygens (including phenoxy) is 3. The molecule has 4 heterocycles. The van der Waals surface area contributed by atoms with Gasteiger partial charge in [-0.15, -0.1) is 0 Å². The van der Waals surface area contributed by atoms with Gasteiger partial charge in [-0.05, 0) is 44.6 Å². The Morgan fingerprint density at radius 3 is 2.77 bits per heavy atom. The summed E-state index contributed by atoms with van der Waals surface area (Å²) in [6.45, 7) is 1.15. The van der Waals surface area contributed by atoms with E-state index in [9.17, 15) is 9.18 Å². The number of rotatable bonds is 8. The highest BCUT2D eigenvalue weighted by Gasteiger charge is 2.50. The number of hydrogen-bond donors (Lipinski definition) is 2. The Morgan fingerprint density at radius 2 is 2.10 bits per heavy atom. The topological polar surface area (TPSA) is 103 Å². The van der Waals surface area contributed by atoms with E-state index in [2.05, 4.69) is 15.3 Å². The van der Waals surface area contributed by atoms with Crippen LogP contribution in [0.5, 0.6) is 5.88 Å². The first-order chi connectivity index (χ1) is 14.4. The molecule has 5 rings (SSSR count). The fraction of sp³-hybridized carbons (Fsp3) is 0.571. The molecule has 0 atom stereocenters. The second-order valence-corrected chi connectivity index (χ2v) is 8.13. The van der Waals surface area contributed by atoms with Crippen molar-refractivity contribution < 1.29 is 28.5 Å². The zero-order valence-electron chi connectivity index (χ0n) is 16.9. The molecule has 0 aromatic carbocycles. The lowest BCUT2D eigenvalue weighted by Crippen LogP contribution is -2.62. The Hall–Kier alpha value is -2.52. The number of halogens is 1. The lowest BCUT2D eigenvalue weighted by Gasteiger charge is -2.53. The largest absolute Gasteiger partial charge is 0.475 e. The van der Waals surface area contributed by atoms with Crippen molar-refractivity contribution in [1.29, 1.82) is 0 Å². The number of carboxylic acid groups (broad SMARTS) is 1. The average Bonchev–Trinajstić information content (AvgIpc) is 2.74. The van der Waals surface area contributed by atoms with Gasteiger partial charge in [0.15, 0.2) is 0 Å². The number of carbonyl (C=O) groups is 1. The van der Waals surface area contributed by atoms with Gasteiger partial charge in [-0.3, -0.25) is 4.98 Å². The van der Waals surface area contributed by atoms with Gasteiger partial charge in [0.2, 0.25) is 5.88 Å². The van der Waals surface area contributed by atoms with E-state index in [0.29, 0.717) is 55.1 Å². The molecule has 2 saturated heterocycles. The molecule has 8 nitrogen and oxygen atoms in total. The molecule has 1 aliphatic carbocycles. The van der Waals surface area contributed by atoms with Crippen LogP contribution in [0.25, 0.3) is 11.0 Å². The van der Waals surface area contributed by atoms with Crippen molar-refractivity contribution in [2.75, 3.05) is 26.9 Å². The molecule has 2 aromatic heterocycles. The predicted octanol–water partition coefficient (Wildman–Crippen LogP) is 3.08. The first-order valence-electron chi connectivity index (χ1n) is 10.2. The summed E-state index contributed by atoms with van der Waals surface area (Å²) in [5.41, 5.74) is 0.770. The molecule has 30 heavy (non-hydrogen) atoms. The van der Waals surface area contributed by atoms with Crippen molar-refractivity contribution in [2.24, 2.45) is 0 Å². The van der Waals surface area contributed by atoms with E-state index >= 15 is 0 Å². The van der Waals surface area contributed by atoms with Crippen molar-refractivity contribution >= 4 is 17.1 Å². The third kappa shape index (κ3) is 4.17. The van der Waals surface area contributed by atoms with Crippen LogP contribution in [0.3, 0.4) is 0 Å². The van der Waals surface area contributed by atoms with Gasteiger partial charge in [0.25, 0.3) is 0 Å². The van der Waals surface area contributed by atoms with E-state index in [4.69, 9.17) is 19.3 Å². The van der Waals surface area contributed by atoms with Gasteiger partial charge >= 0.3 is 6.09 Å². The lowest BCUT2D eigenvalue weighted by atomic mass is 9.69. The number of nitrogens with one attached hydrogen (secondary N) is 1. The van der Waals surface area contributed by atoms with E-state index in [-0.39, 0.29) is 5.60 Å². The predicted molar refractivity (Wildman–Crippen MR) is 106 cm³/mol. The monoisotopic (exact) mass is 419 g/mol. The number of aromatic nitrogens is 2. The van der Waals surface area contributed by atoms with Gasteiger partial charge in [-0.1, -0.05) is 0 Å². The molecule has 1 amide bonds. The SMILES string of the molecule is COCCOc1ccc2ncc(F)c(CCC34CCC(NC(=O)O)(CC3)CO4)c2n1. The molecular formula is C21H26FN3O5. The van der Waals surface area contributed by atoms with Gasteiger partial charge in [0.05, 0.1) is 41.6 Å². The second-order valence-electron chi connectivity index (χ2n) is 8.13. The standard InChI is InChI=1S/C21H26FN3O5/c1-28-10-11-29-17-3-2-16-18(24-17)14(15(22)12-23-16)4-5-21-8-6-20(7-9-21,13-30-21)25-19(26)27/h2-3,12,25H,4-11,13H2,1H3,(H,26,27). The smallest absolute Gasteiger partial charge is 0.405 e. The zero-order chi connectivity index (χ0) is 21.2. The van der Waals surface area contributed by atoms with Gasteiger partial charge in [-0.25, -0.2) is 14.2 Å². The van der Waals surface area contributed by atoms with Crippen LogP contribution < -0.4 is 10.1 Å². The van der Waals surface area contributed by atoms with Gasteiger partial charge < -0.3 is 24.6 Å². The van der Waals surface area contributed by atoms with Crippen LogP contribution in [0.4, 0.5) is 9.18 Å². The van der Waals surface area contributed by atoms with Crippen molar-refractivity contribution in [1.82, 2.24) is 15.3 Å². The summed E-state index contributed by atoms with van der Waals surface area (Å²) in [7, 11) is 1.59. The van der Waals surface area contributed by atoms with Crippen molar-refractivity contribution in [3.05, 3.63) is 29.7 Å². The van der Waals surface area contributed by atoms with Crippen molar-refractivity contribution in [2.45, 2.75) is 49.7 Å². The molecule has 0 radical (unpaired) electrons. The normalized spacial score (nSPS) is 25.4. The molecule has 1 saturated carbocycles. The Bertz CT molecular complexity index is 914. The minimum atomic E-state index is -1.02. The fourth-order valence-electron chi connectivity index (χ4n) is 4.45. The second kappa shape index (κ2) is 8.31. The summed E-state index contributed by atoms with van der Waals surface area (Å²) in [5.74, 6) is 0.0106. The van der Waals surface area contributed by atoms with E-state index in [0.717, 1.165) is 25.7 Å². The minimum absolute atomic E-state index is 0.351. The van der Waals surface area contributed by atoms with Crippen molar-refractivity contribution in [3.63, 3.8) is 0 Å². The van der Waals surface area contributed by atoms with Crippen LogP contribution in [0.2, 0.25) is 0 Å². The fourth-order valence-corrected chi connectivity index (χ4v) is 4.45. The maximum absolute atomic E-state index is 14.7. The maximum Gasteiger partial charge on any atom is 0.405 e. The lowest BCUT2D eigenvalue weighted by molar-refractivity contribution is -0.162. The quantitative estimate of drug-likeness (QED) is 0.634. The first-order valence-corrected chi connectivity index (χ1v) is 10.2. The molecule has 3 fully saturated rings. The summed E-state index contributed by atoms with van der Waals surface area (Å²) in [5, 5.41) is 11.7. The van der Waals surface area contributed by atoms with E-state index in [1.54, 1.807) is 19.2 Å². The Balaban J connectivity index is 1.49. The number of nitrogens with zero attached hydrogens (tertiary/aromatic N) is 2. The van der Waals surface area contributed by atoms with Crippen LogP contribution in [-0.4, -0.2) is 59.2 Å². The molecule has 2 aliphatic heterocycles. The Morgan fingerprint density at radius 1 is 1.30 bits per heavy atom. The van der Waals surface area contributed by atoms with E-state index in [1.807, 2.05) is 0 Å². The molecule has 0 unspecified atom stereocenters. The number of methoxy groups -OCH3 is 1. The van der Waals surface area contributed by atoms with E-state index < -0.39 is 17.4 Å². The highest BCUT2D eigenvalue weighted by Crippen LogP contribution is 2.46. The van der Waals surface area contributed by atoms with Gasteiger partial charge in [-0.2, -0.15) is 0 Å². The van der Waals surface area contributed by atoms with Crippen LogP contribution in [0.15, 0.2) is 18.3 Å². The summed E-state index contributed by atoms with van der Waals surface area (Å²) in [4.78, 5) is 19.7. The number of pyridine rings is 2. The van der Waals surface area contributed by atoms with Crippen LogP contribution in [0.1, 0.15) is 37.7 Å². The van der Waals surface area contributed by atoms with Crippen LogP contribution in [-0.2, 0) is 15.9 Å². The minimum Gasteiger partial charge on any atom is -0.475 e. The Kier molecular flexibility index (Phi) is 5.75. The summed E-state index contributed by atoms with van der Waals surface area (Å²) in [6.07, 6.45) is 4.26. The van der Waals surface area contributed by atoms with E-state index in [1.165, 1.54) is 6.20 Å². The van der Waals surface area contributed by atoms with Gasteiger partial charge in [0, 0.05) is 18.7 Å². The third-order valence-corrected chi connectivity index (χ3v) is 6.25. The summed E-state index contributed by atoms with van der Waals surface area (Å²) < 4.78 is 31.3. The van der Waals surface area contributed by atoms with Gasteiger partial charge in [0.1, 0.15) is 12.4 Å². The number of fused-ring (bicyclic) bond motifs is 4. The highest BCUT2D eigenvalue weighted by atomic mass is 19.1. The van der Waals surface area contributed by atoms with Crippen LogP contribution in [0, 0.1) is 5.82 Å². The average molecular weight is 419 g/mol. The number of amides is 1. The molecule has 2 bridgehead atoms. The van der Waals surface area contributed by atoms with Crippen molar-refractivity contribution in [3.8, 4) is 5.88 Å². The number of hydrogen-bond acceptors (Lipinski definition) is 6. The molecule has 2 aromatic rings. The number of aryl methyl sites for hydroxylation is 1. The highest BCUT2D eigenvalue weighted by molar-refractivity contribution is 5.78. The molecule has 0 spiro atoms. The maximum atomic E-state index is 14.7. The zero-order valence-corrected chi connectivity index (χ0v) is 16.9. The molecule has 9 heteroatoms. The molecule has 162 valence electrons. The third-order valence-electron chi connectivity index (χ3n) is 6.25. The Labute approximate surface area is 173 Å². The first kappa shape index (κ1) is 20.7. The summed E-state index contributed by atoms with van der Waals surface area (Å²) >= 11 is 0. The molecular weight excluding hydrogens is 393 g/mol. The van der Waals surface area contributed by atoms with Crippen LogP contribution >= 0.6 is 0 Å².